The van der Waals surface area contributed by atoms with Crippen molar-refractivity contribution in [2.24, 2.45) is 0 Å². The van der Waals surface area contributed by atoms with E-state index >= 15 is 0 Å². The van der Waals surface area contributed by atoms with E-state index in [0.717, 1.165) is 5.56 Å². The van der Waals surface area contributed by atoms with Crippen LogP contribution in [0.15, 0.2) is 48.5 Å². The Morgan fingerprint density at radius 3 is 2.38 bits per heavy atom. The van der Waals surface area contributed by atoms with Gasteiger partial charge in [-0.05, 0) is 30.7 Å². The molecule has 1 aliphatic rings. The molecule has 8 heteroatoms. The summed E-state index contributed by atoms with van der Waals surface area (Å²) in [5, 5.41) is 0. The summed E-state index contributed by atoms with van der Waals surface area (Å²) in [4.78, 5) is 14.5. The third-order valence-electron chi connectivity index (χ3n) is 4.88. The second-order valence-electron chi connectivity index (χ2n) is 7.29. The number of hydrogen-bond donors (Lipinski definition) is 0. The Labute approximate surface area is 172 Å². The minimum absolute atomic E-state index is 0.118. The third kappa shape index (κ3) is 5.14. The molecular formula is C21H27N3O4S. The second kappa shape index (κ2) is 8.94. The molecule has 1 heterocycles. The molecule has 0 unspecified atom stereocenters. The van der Waals surface area contributed by atoms with Gasteiger partial charge in [0, 0.05) is 45.8 Å². The molecule has 29 heavy (non-hydrogen) atoms. The molecule has 1 aliphatic heterocycles. The second-order valence-corrected chi connectivity index (χ2v) is 9.43. The SMILES string of the molecule is Cc1cccc(COc2cccc(C(=O)N3CCN(S(=O)(=O)N(C)C)CC3)c2)c1. The average Bonchev–Trinajstić information content (AvgIpc) is 2.72. The van der Waals surface area contributed by atoms with Crippen molar-refractivity contribution >= 4 is 16.1 Å². The molecule has 2 aromatic carbocycles. The van der Waals surface area contributed by atoms with Crippen LogP contribution < -0.4 is 4.74 Å². The van der Waals surface area contributed by atoms with E-state index in [4.69, 9.17) is 4.74 Å². The molecule has 1 amide bonds. The third-order valence-corrected chi connectivity index (χ3v) is 6.82. The first-order chi connectivity index (χ1) is 13.8. The van der Waals surface area contributed by atoms with Crippen molar-refractivity contribution in [3.63, 3.8) is 0 Å². The Morgan fingerprint density at radius 1 is 1.03 bits per heavy atom. The van der Waals surface area contributed by atoms with Crippen molar-refractivity contribution in [3.05, 3.63) is 65.2 Å². The molecule has 3 rings (SSSR count). The lowest BCUT2D eigenvalue weighted by molar-refractivity contribution is 0.0694. The fraction of sp³-hybridized carbons (Fsp3) is 0.381. The van der Waals surface area contributed by atoms with Crippen LogP contribution in [0.25, 0.3) is 0 Å². The predicted molar refractivity (Wildman–Crippen MR) is 112 cm³/mol. The lowest BCUT2D eigenvalue weighted by Crippen LogP contribution is -2.53. The number of ether oxygens (including phenoxy) is 1. The molecule has 0 radical (unpaired) electrons. The molecule has 0 spiro atoms. The maximum atomic E-state index is 12.9. The van der Waals surface area contributed by atoms with Crippen molar-refractivity contribution in [1.29, 1.82) is 0 Å². The van der Waals surface area contributed by atoms with Gasteiger partial charge in [0.2, 0.25) is 0 Å². The number of rotatable bonds is 6. The lowest BCUT2D eigenvalue weighted by atomic mass is 10.1. The molecular weight excluding hydrogens is 390 g/mol. The molecule has 156 valence electrons. The van der Waals surface area contributed by atoms with E-state index in [-0.39, 0.29) is 19.0 Å². The molecule has 1 saturated heterocycles. The zero-order chi connectivity index (χ0) is 21.0. The standard InChI is InChI=1S/C21H27N3O4S/c1-17-6-4-7-18(14-17)16-28-20-9-5-8-19(15-20)21(25)23-10-12-24(13-11-23)29(26,27)22(2)3/h4-9,14-15H,10-13,16H2,1-3H3. The number of nitrogens with zero attached hydrogens (tertiary/aromatic N) is 3. The van der Waals surface area contributed by atoms with Gasteiger partial charge in [0.15, 0.2) is 0 Å². The van der Waals surface area contributed by atoms with Gasteiger partial charge < -0.3 is 9.64 Å². The van der Waals surface area contributed by atoms with Gasteiger partial charge >= 0.3 is 0 Å². The highest BCUT2D eigenvalue weighted by Crippen LogP contribution is 2.18. The first kappa shape index (κ1) is 21.3. The Hall–Kier alpha value is -2.42. The van der Waals surface area contributed by atoms with Gasteiger partial charge in [0.25, 0.3) is 16.1 Å². The number of amides is 1. The highest BCUT2D eigenvalue weighted by atomic mass is 32.2. The fourth-order valence-electron chi connectivity index (χ4n) is 3.22. The molecule has 0 atom stereocenters. The van der Waals surface area contributed by atoms with Crippen molar-refractivity contribution in [1.82, 2.24) is 13.5 Å². The zero-order valence-corrected chi connectivity index (χ0v) is 17.9. The molecule has 7 nitrogen and oxygen atoms in total. The molecule has 2 aromatic rings. The Morgan fingerprint density at radius 2 is 1.72 bits per heavy atom. The predicted octanol–water partition coefficient (Wildman–Crippen LogP) is 2.14. The van der Waals surface area contributed by atoms with Crippen LogP contribution in [0.2, 0.25) is 0 Å². The normalized spacial score (nSPS) is 15.5. The molecule has 0 aliphatic carbocycles. The highest BCUT2D eigenvalue weighted by Gasteiger charge is 2.30. The van der Waals surface area contributed by atoms with Gasteiger partial charge in [-0.2, -0.15) is 17.0 Å². The van der Waals surface area contributed by atoms with Crippen LogP contribution >= 0.6 is 0 Å². The van der Waals surface area contributed by atoms with Crippen molar-refractivity contribution in [3.8, 4) is 5.75 Å². The lowest BCUT2D eigenvalue weighted by Gasteiger charge is -2.35. The topological polar surface area (TPSA) is 70.2 Å². The molecule has 1 fully saturated rings. The van der Waals surface area contributed by atoms with E-state index in [2.05, 4.69) is 6.07 Å². The van der Waals surface area contributed by atoms with Gasteiger partial charge in [-0.1, -0.05) is 35.9 Å². The summed E-state index contributed by atoms with van der Waals surface area (Å²) in [6.45, 7) is 3.76. The minimum atomic E-state index is -3.45. The van der Waals surface area contributed by atoms with Crippen molar-refractivity contribution in [2.75, 3.05) is 40.3 Å². The fourth-order valence-corrected chi connectivity index (χ4v) is 4.31. The average molecular weight is 418 g/mol. The minimum Gasteiger partial charge on any atom is -0.489 e. The first-order valence-electron chi connectivity index (χ1n) is 9.52. The number of piperazine rings is 1. The quantitative estimate of drug-likeness (QED) is 0.722. The highest BCUT2D eigenvalue weighted by molar-refractivity contribution is 7.86. The van der Waals surface area contributed by atoms with Crippen LogP contribution in [0.5, 0.6) is 5.75 Å². The first-order valence-corrected chi connectivity index (χ1v) is 10.9. The van der Waals surface area contributed by atoms with Crippen LogP contribution in [0.1, 0.15) is 21.5 Å². The number of hydrogen-bond acceptors (Lipinski definition) is 4. The van der Waals surface area contributed by atoms with Crippen molar-refractivity contribution in [2.45, 2.75) is 13.5 Å². The van der Waals surface area contributed by atoms with Gasteiger partial charge in [0.1, 0.15) is 12.4 Å². The van der Waals surface area contributed by atoms with Crippen LogP contribution in [0.4, 0.5) is 0 Å². The summed E-state index contributed by atoms with van der Waals surface area (Å²) in [6.07, 6.45) is 0. The monoisotopic (exact) mass is 417 g/mol. The molecule has 0 saturated carbocycles. The Kier molecular flexibility index (Phi) is 6.56. The summed E-state index contributed by atoms with van der Waals surface area (Å²) >= 11 is 0. The van der Waals surface area contributed by atoms with E-state index in [0.29, 0.717) is 31.0 Å². The largest absolute Gasteiger partial charge is 0.489 e. The maximum absolute atomic E-state index is 12.9. The van der Waals surface area contributed by atoms with Gasteiger partial charge in [-0.3, -0.25) is 4.79 Å². The van der Waals surface area contributed by atoms with Gasteiger partial charge in [-0.15, -0.1) is 0 Å². The van der Waals surface area contributed by atoms with E-state index in [1.807, 2.05) is 31.2 Å². The summed E-state index contributed by atoms with van der Waals surface area (Å²) in [7, 11) is -0.430. The van der Waals surface area contributed by atoms with Crippen LogP contribution in [0, 0.1) is 6.92 Å². The Balaban J connectivity index is 1.61. The number of benzene rings is 2. The molecule has 0 aromatic heterocycles. The molecule has 0 bridgehead atoms. The summed E-state index contributed by atoms with van der Waals surface area (Å²) < 4.78 is 32.9. The number of carbonyl (C=O) groups excluding carboxylic acids is 1. The van der Waals surface area contributed by atoms with Crippen LogP contribution in [0.3, 0.4) is 0 Å². The summed E-state index contributed by atoms with van der Waals surface area (Å²) in [6, 6.07) is 15.2. The maximum Gasteiger partial charge on any atom is 0.281 e. The number of carbonyl (C=O) groups is 1. The van der Waals surface area contributed by atoms with Crippen LogP contribution in [-0.4, -0.2) is 68.1 Å². The van der Waals surface area contributed by atoms with E-state index in [1.54, 1.807) is 23.1 Å². The van der Waals surface area contributed by atoms with Gasteiger partial charge in [0.05, 0.1) is 0 Å². The number of aryl methyl sites for hydroxylation is 1. The summed E-state index contributed by atoms with van der Waals surface area (Å²) in [5.41, 5.74) is 2.78. The van der Waals surface area contributed by atoms with E-state index in [1.165, 1.54) is 28.3 Å². The van der Waals surface area contributed by atoms with E-state index < -0.39 is 10.2 Å². The smallest absolute Gasteiger partial charge is 0.281 e. The zero-order valence-electron chi connectivity index (χ0n) is 17.0. The Bertz CT molecular complexity index is 967. The summed E-state index contributed by atoms with van der Waals surface area (Å²) in [5.74, 6) is 0.513. The van der Waals surface area contributed by atoms with E-state index in [9.17, 15) is 13.2 Å². The van der Waals surface area contributed by atoms with Crippen molar-refractivity contribution < 1.29 is 17.9 Å². The molecule has 0 N–H and O–H groups in total. The van der Waals surface area contributed by atoms with Crippen LogP contribution in [-0.2, 0) is 16.8 Å². The van der Waals surface area contributed by atoms with Gasteiger partial charge in [-0.25, -0.2) is 0 Å².